The van der Waals surface area contributed by atoms with Crippen LogP contribution >= 0.6 is 0 Å². The molecule has 1 saturated carbocycles. The number of carboxylic acid groups (broad SMARTS) is 1. The van der Waals surface area contributed by atoms with E-state index in [1.54, 1.807) is 13.8 Å². The summed E-state index contributed by atoms with van der Waals surface area (Å²) in [5.41, 5.74) is 3.23. The van der Waals surface area contributed by atoms with Gasteiger partial charge in [-0.3, -0.25) is 4.79 Å². The Hall–Kier alpha value is -2.28. The largest absolute Gasteiger partial charge is 0.511 e. The third-order valence-electron chi connectivity index (χ3n) is 10.3. The molecule has 4 rings (SSSR count). The molecule has 1 aromatic carbocycles. The lowest BCUT2D eigenvalue weighted by molar-refractivity contribution is -0.137. The van der Waals surface area contributed by atoms with Crippen molar-refractivity contribution in [3.63, 3.8) is 0 Å². The molecular weight excluding hydrogens is 578 g/mol. The number of hydrogen-bond acceptors (Lipinski definition) is 6. The molecule has 1 heterocycles. The predicted octanol–water partition coefficient (Wildman–Crippen LogP) is 10.3. The summed E-state index contributed by atoms with van der Waals surface area (Å²) >= 11 is 0. The predicted molar refractivity (Wildman–Crippen MR) is 186 cm³/mol. The summed E-state index contributed by atoms with van der Waals surface area (Å²) in [4.78, 5) is 21.8. The number of carbonyl (C=O) groups is 2. The van der Waals surface area contributed by atoms with E-state index >= 15 is 0 Å². The van der Waals surface area contributed by atoms with Crippen LogP contribution in [0.3, 0.4) is 0 Å². The van der Waals surface area contributed by atoms with Crippen LogP contribution in [0.15, 0.2) is 18.2 Å². The van der Waals surface area contributed by atoms with Gasteiger partial charge in [0.1, 0.15) is 5.75 Å². The Bertz CT molecular complexity index is 1010. The Morgan fingerprint density at radius 1 is 0.891 bits per heavy atom. The fourth-order valence-electron chi connectivity index (χ4n) is 8.01. The zero-order valence-electron chi connectivity index (χ0n) is 29.4. The molecule has 0 aromatic heterocycles. The minimum Gasteiger partial charge on any atom is -0.481 e. The van der Waals surface area contributed by atoms with Crippen molar-refractivity contribution in [3.8, 4) is 5.75 Å². The number of benzene rings is 1. The summed E-state index contributed by atoms with van der Waals surface area (Å²) < 4.78 is 15.6. The van der Waals surface area contributed by atoms with E-state index in [1.807, 2.05) is 6.07 Å². The van der Waals surface area contributed by atoms with Crippen LogP contribution in [0, 0.1) is 5.92 Å². The van der Waals surface area contributed by atoms with E-state index in [1.165, 1.54) is 127 Å². The van der Waals surface area contributed by atoms with E-state index in [2.05, 4.69) is 24.4 Å². The maximum absolute atomic E-state index is 11.5. The second kappa shape index (κ2) is 21.6. The molecule has 0 radical (unpaired) electrons. The van der Waals surface area contributed by atoms with Crippen molar-refractivity contribution in [1.29, 1.82) is 0 Å². The van der Waals surface area contributed by atoms with Gasteiger partial charge in [-0.2, -0.15) is 0 Å². The molecule has 1 aliphatic heterocycles. The first kappa shape index (κ1) is 38.2. The first-order valence-corrected chi connectivity index (χ1v) is 18.9. The molecule has 0 spiro atoms. The van der Waals surface area contributed by atoms with Crippen LogP contribution in [0.1, 0.15) is 167 Å². The molecule has 0 amide bonds. The fraction of sp³-hybridized carbons (Fsp3) is 0.795. The summed E-state index contributed by atoms with van der Waals surface area (Å²) in [6, 6.07) is 7.01. The van der Waals surface area contributed by atoms with Gasteiger partial charge in [0.2, 0.25) is 6.79 Å². The smallest absolute Gasteiger partial charge is 0.481 e. The highest BCUT2D eigenvalue weighted by Crippen LogP contribution is 2.54. The van der Waals surface area contributed by atoms with Crippen LogP contribution in [0.25, 0.3) is 0 Å². The molecule has 7 heteroatoms. The zero-order chi connectivity index (χ0) is 33.0. The maximum atomic E-state index is 11.5. The van der Waals surface area contributed by atoms with Crippen LogP contribution < -0.4 is 10.1 Å². The van der Waals surface area contributed by atoms with E-state index in [0.717, 1.165) is 37.5 Å². The van der Waals surface area contributed by atoms with Gasteiger partial charge in [-0.1, -0.05) is 116 Å². The van der Waals surface area contributed by atoms with Crippen molar-refractivity contribution in [3.05, 3.63) is 29.3 Å². The maximum Gasteiger partial charge on any atom is 0.511 e. The van der Waals surface area contributed by atoms with Crippen molar-refractivity contribution >= 4 is 12.1 Å². The molecule has 1 saturated heterocycles. The summed E-state index contributed by atoms with van der Waals surface area (Å²) in [7, 11) is 0. The van der Waals surface area contributed by atoms with Crippen molar-refractivity contribution < 1.29 is 28.9 Å². The third-order valence-corrected chi connectivity index (χ3v) is 10.3. The molecule has 7 nitrogen and oxygen atoms in total. The number of fused-ring (bicyclic) bond motifs is 1. The number of carboxylic acids is 1. The summed E-state index contributed by atoms with van der Waals surface area (Å²) in [5, 5.41) is 12.3. The van der Waals surface area contributed by atoms with Gasteiger partial charge in [0.15, 0.2) is 0 Å². The van der Waals surface area contributed by atoms with Gasteiger partial charge in [0, 0.05) is 17.9 Å². The summed E-state index contributed by atoms with van der Waals surface area (Å²) in [6.07, 6.45) is 26.9. The monoisotopic (exact) mass is 643 g/mol. The highest BCUT2D eigenvalue weighted by atomic mass is 16.8. The van der Waals surface area contributed by atoms with Crippen molar-refractivity contribution in [2.45, 2.75) is 180 Å². The number of unbranched alkanes of at least 4 members (excludes halogenated alkanes) is 14. The van der Waals surface area contributed by atoms with Crippen molar-refractivity contribution in [1.82, 2.24) is 5.32 Å². The van der Waals surface area contributed by atoms with Crippen LogP contribution in [0.5, 0.6) is 5.75 Å². The lowest BCUT2D eigenvalue weighted by Gasteiger charge is -2.56. The topological polar surface area (TPSA) is 94.1 Å². The number of piperidine rings is 1. The number of rotatable bonds is 20. The molecule has 3 aliphatic rings. The quantitative estimate of drug-likeness (QED) is 0.0829. The Balaban J connectivity index is 0.000000262. The number of nitrogens with one attached hydrogen (secondary N) is 1. The first-order chi connectivity index (χ1) is 22.4. The van der Waals surface area contributed by atoms with E-state index in [-0.39, 0.29) is 12.9 Å². The molecule has 46 heavy (non-hydrogen) atoms. The second-order valence-electron chi connectivity index (χ2n) is 14.3. The van der Waals surface area contributed by atoms with Gasteiger partial charge in [-0.15, -0.1) is 0 Å². The Morgan fingerprint density at radius 2 is 1.52 bits per heavy atom. The van der Waals surface area contributed by atoms with Crippen LogP contribution in [-0.4, -0.2) is 42.7 Å². The van der Waals surface area contributed by atoms with Crippen LogP contribution in [0.4, 0.5) is 4.79 Å². The van der Waals surface area contributed by atoms with E-state index in [9.17, 15) is 9.59 Å². The van der Waals surface area contributed by atoms with Crippen molar-refractivity contribution in [2.75, 3.05) is 13.3 Å². The van der Waals surface area contributed by atoms with Crippen LogP contribution in [0.2, 0.25) is 0 Å². The number of carbonyl (C=O) groups excluding carboxylic acids is 1. The normalized spacial score (nSPS) is 21.4. The molecular formula is C39H65NO6. The van der Waals surface area contributed by atoms with E-state index < -0.39 is 12.1 Å². The van der Waals surface area contributed by atoms with Gasteiger partial charge in [-0.25, -0.2) is 4.79 Å². The third kappa shape index (κ3) is 13.1. The van der Waals surface area contributed by atoms with Gasteiger partial charge in [-0.05, 0) is 81.7 Å². The second-order valence-corrected chi connectivity index (χ2v) is 14.3. The summed E-state index contributed by atoms with van der Waals surface area (Å²) in [6.45, 7) is 6.84. The fourth-order valence-corrected chi connectivity index (χ4v) is 8.01. The van der Waals surface area contributed by atoms with Gasteiger partial charge in [0.25, 0.3) is 0 Å². The average molecular weight is 644 g/mol. The number of aliphatic carboxylic acids is 1. The van der Waals surface area contributed by atoms with E-state index in [4.69, 9.17) is 19.3 Å². The molecule has 1 aromatic rings. The SMILES string of the molecule is CC(C)OC(=O)OCOc1ccc2c(c1)[C@@]13CCCC[C@@H]1[C@H](C2)NCC3.CCCCCCCCCCCCCCCCCC(=O)O. The summed E-state index contributed by atoms with van der Waals surface area (Å²) in [5.74, 6) is 0.862. The minimum absolute atomic E-state index is 0.120. The standard InChI is InChI=1S/C21H29NO4.C18H36O2/c1-14(2)26-20(23)25-13-24-16-7-6-15-11-19-17-5-3-4-8-21(17,9-10-22-19)18(15)12-16;1-2-3-4-5-6-7-8-9-10-11-12-13-14-15-16-17-18(19)20/h6-7,12,14,17,19,22H,3-5,8-11,13H2,1-2H3;2-17H2,1H3,(H,19,20)/t17-,19+,21-;/m1./s1. The molecule has 2 bridgehead atoms. The number of ether oxygens (including phenoxy) is 3. The Kier molecular flexibility index (Phi) is 17.9. The Labute approximate surface area is 279 Å². The van der Waals surface area contributed by atoms with Gasteiger partial charge < -0.3 is 24.6 Å². The molecule has 2 N–H and O–H groups in total. The van der Waals surface area contributed by atoms with Crippen molar-refractivity contribution in [2.24, 2.45) is 5.92 Å². The van der Waals surface area contributed by atoms with Crippen LogP contribution in [-0.2, 0) is 26.1 Å². The molecule has 2 fully saturated rings. The minimum atomic E-state index is -0.690. The highest BCUT2D eigenvalue weighted by Gasteiger charge is 2.51. The lowest BCUT2D eigenvalue weighted by Crippen LogP contribution is -2.59. The Morgan fingerprint density at radius 3 is 2.13 bits per heavy atom. The first-order valence-electron chi connectivity index (χ1n) is 18.9. The molecule has 2 aliphatic carbocycles. The molecule has 3 atom stereocenters. The van der Waals surface area contributed by atoms with Gasteiger partial charge in [0.05, 0.1) is 6.10 Å². The molecule has 0 unspecified atom stereocenters. The average Bonchev–Trinajstić information content (AvgIpc) is 3.03. The highest BCUT2D eigenvalue weighted by molar-refractivity contribution is 5.66. The van der Waals surface area contributed by atoms with Gasteiger partial charge >= 0.3 is 12.1 Å². The lowest BCUT2D eigenvalue weighted by atomic mass is 9.53. The zero-order valence-corrected chi connectivity index (χ0v) is 29.4. The number of hydrogen-bond donors (Lipinski definition) is 2. The van der Waals surface area contributed by atoms with E-state index in [0.29, 0.717) is 17.9 Å². The molecule has 262 valence electrons.